The molecule has 1 saturated carbocycles. The maximum Gasteiger partial charge on any atom is 0.115 e. The third-order valence-corrected chi connectivity index (χ3v) is 5.64. The van der Waals surface area contributed by atoms with Crippen molar-refractivity contribution in [1.82, 2.24) is 9.55 Å². The molecule has 1 aromatic carbocycles. The highest BCUT2D eigenvalue weighted by atomic mass is 32.2. The van der Waals surface area contributed by atoms with Gasteiger partial charge in [-0.15, -0.1) is 0 Å². The van der Waals surface area contributed by atoms with Gasteiger partial charge in [-0.05, 0) is 49.8 Å². The number of halogens is 1. The minimum absolute atomic E-state index is 0.0118. The lowest BCUT2D eigenvalue weighted by atomic mass is 9.87. The van der Waals surface area contributed by atoms with E-state index in [2.05, 4.69) is 55.2 Å². The minimum Gasteiger partial charge on any atom is -0.330 e. The maximum atomic E-state index is 13.5. The Morgan fingerprint density at radius 3 is 2.60 bits per heavy atom. The molecule has 1 heterocycles. The summed E-state index contributed by atoms with van der Waals surface area (Å²) in [6.07, 6.45) is 2.80. The summed E-state index contributed by atoms with van der Waals surface area (Å²) in [5.74, 6) is 2.71. The molecule has 3 nitrogen and oxygen atoms in total. The van der Waals surface area contributed by atoms with E-state index in [1.165, 1.54) is 5.52 Å². The van der Waals surface area contributed by atoms with Crippen LogP contribution >= 0.6 is 11.9 Å². The van der Waals surface area contributed by atoms with Crippen molar-refractivity contribution >= 4 is 28.7 Å². The molecule has 5 heteroatoms. The lowest BCUT2D eigenvalue weighted by Gasteiger charge is -2.27. The van der Waals surface area contributed by atoms with Gasteiger partial charge in [-0.3, -0.25) is 0 Å². The van der Waals surface area contributed by atoms with Crippen LogP contribution in [0.3, 0.4) is 0 Å². The molecule has 0 aliphatic heterocycles. The number of nitrogens with zero attached hydrogens (tertiary/aromatic N) is 2. The first kappa shape index (κ1) is 18.6. The number of imidazole rings is 1. The quantitative estimate of drug-likeness (QED) is 0.667. The monoisotopic (exact) mass is 363 g/mol. The molecular weight excluding hydrogens is 333 g/mol. The summed E-state index contributed by atoms with van der Waals surface area (Å²) in [4.78, 5) is 4.97. The fourth-order valence-corrected chi connectivity index (χ4v) is 4.11. The molecule has 1 fully saturated rings. The van der Waals surface area contributed by atoms with Gasteiger partial charge in [0, 0.05) is 23.4 Å². The molecule has 1 N–H and O–H groups in total. The zero-order valence-electron chi connectivity index (χ0n) is 15.8. The Morgan fingerprint density at radius 1 is 1.24 bits per heavy atom. The average molecular weight is 364 g/mol. The molecule has 0 spiro atoms. The Bertz CT molecular complexity index is 712. The zero-order chi connectivity index (χ0) is 18.0. The van der Waals surface area contributed by atoms with E-state index in [0.717, 1.165) is 42.2 Å². The smallest absolute Gasteiger partial charge is 0.115 e. The molecule has 0 radical (unpaired) electrons. The van der Waals surface area contributed by atoms with E-state index in [1.54, 1.807) is 11.9 Å². The predicted octanol–water partition coefficient (Wildman–Crippen LogP) is 5.94. The van der Waals surface area contributed by atoms with Gasteiger partial charge in [0.15, 0.2) is 0 Å². The van der Waals surface area contributed by atoms with Gasteiger partial charge >= 0.3 is 0 Å². The van der Waals surface area contributed by atoms with Gasteiger partial charge in [0.2, 0.25) is 0 Å². The standard InChI is InChI=1S/C20H30FN3S/c1-5-25-23-16-10-11-18-17(12-16)22-19(20(2,3)4)24(18)13-14-6-8-15(21)9-7-14/h10-12,14-15,23H,5-9,13H2,1-4H3. The van der Waals surface area contributed by atoms with Crippen molar-refractivity contribution in [2.45, 2.75) is 71.5 Å². The van der Waals surface area contributed by atoms with Crippen LogP contribution in [0.15, 0.2) is 18.2 Å². The first-order valence-corrected chi connectivity index (χ1v) is 10.4. The zero-order valence-corrected chi connectivity index (χ0v) is 16.6. The summed E-state index contributed by atoms with van der Waals surface area (Å²) < 4.78 is 19.2. The highest BCUT2D eigenvalue weighted by Crippen LogP contribution is 2.33. The number of fused-ring (bicyclic) bond motifs is 1. The summed E-state index contributed by atoms with van der Waals surface area (Å²) in [6.45, 7) is 9.74. The highest BCUT2D eigenvalue weighted by Gasteiger charge is 2.27. The van der Waals surface area contributed by atoms with Crippen LogP contribution in [0.25, 0.3) is 11.0 Å². The van der Waals surface area contributed by atoms with E-state index in [0.29, 0.717) is 18.8 Å². The van der Waals surface area contributed by atoms with Crippen molar-refractivity contribution < 1.29 is 4.39 Å². The fourth-order valence-electron chi connectivity index (χ4n) is 3.67. The molecular formula is C20H30FN3S. The third kappa shape index (κ3) is 4.30. The lowest BCUT2D eigenvalue weighted by Crippen LogP contribution is -2.24. The van der Waals surface area contributed by atoms with Crippen LogP contribution < -0.4 is 4.72 Å². The van der Waals surface area contributed by atoms with Crippen molar-refractivity contribution in [3.63, 3.8) is 0 Å². The highest BCUT2D eigenvalue weighted by molar-refractivity contribution is 8.00. The summed E-state index contributed by atoms with van der Waals surface area (Å²) >= 11 is 1.69. The Morgan fingerprint density at radius 2 is 1.96 bits per heavy atom. The fraction of sp³-hybridized carbons (Fsp3) is 0.650. The molecule has 0 bridgehead atoms. The molecule has 1 aliphatic carbocycles. The second kappa shape index (κ2) is 7.56. The second-order valence-electron chi connectivity index (χ2n) is 8.15. The Hall–Kier alpha value is -1.23. The number of hydrogen-bond donors (Lipinski definition) is 1. The van der Waals surface area contributed by atoms with Crippen molar-refractivity contribution in [2.75, 3.05) is 10.5 Å². The number of rotatable bonds is 5. The van der Waals surface area contributed by atoms with Crippen molar-refractivity contribution in [1.29, 1.82) is 0 Å². The number of aromatic nitrogens is 2. The van der Waals surface area contributed by atoms with Gasteiger partial charge < -0.3 is 9.29 Å². The van der Waals surface area contributed by atoms with Gasteiger partial charge in [0.25, 0.3) is 0 Å². The van der Waals surface area contributed by atoms with Gasteiger partial charge in [-0.25, -0.2) is 9.37 Å². The second-order valence-corrected chi connectivity index (χ2v) is 9.22. The minimum atomic E-state index is -0.595. The van der Waals surface area contributed by atoms with Gasteiger partial charge in [-0.1, -0.05) is 39.6 Å². The Balaban J connectivity index is 1.93. The molecule has 138 valence electrons. The summed E-state index contributed by atoms with van der Waals surface area (Å²) in [5.41, 5.74) is 3.33. The molecule has 25 heavy (non-hydrogen) atoms. The van der Waals surface area contributed by atoms with Gasteiger partial charge in [0.1, 0.15) is 12.0 Å². The topological polar surface area (TPSA) is 29.9 Å². The molecule has 0 saturated heterocycles. The van der Waals surface area contributed by atoms with Crippen LogP contribution in [0, 0.1) is 5.92 Å². The molecule has 0 unspecified atom stereocenters. The van der Waals surface area contributed by atoms with Crippen molar-refractivity contribution in [3.05, 3.63) is 24.0 Å². The number of alkyl halides is 1. The van der Waals surface area contributed by atoms with Gasteiger partial charge in [0.05, 0.1) is 11.0 Å². The predicted molar refractivity (Wildman–Crippen MR) is 107 cm³/mol. The SMILES string of the molecule is CCSNc1ccc2c(c1)nc(C(C)(C)C)n2CC1CCC(F)CC1. The van der Waals surface area contributed by atoms with E-state index in [9.17, 15) is 4.39 Å². The Labute approximate surface area is 154 Å². The normalized spacial score (nSPS) is 21.6. The van der Waals surface area contributed by atoms with E-state index < -0.39 is 6.17 Å². The molecule has 3 rings (SSSR count). The average Bonchev–Trinajstić information content (AvgIpc) is 2.93. The number of nitrogens with one attached hydrogen (secondary N) is 1. The van der Waals surface area contributed by atoms with Crippen LogP contribution in [-0.4, -0.2) is 21.5 Å². The van der Waals surface area contributed by atoms with Crippen LogP contribution in [-0.2, 0) is 12.0 Å². The van der Waals surface area contributed by atoms with Crippen molar-refractivity contribution in [3.8, 4) is 0 Å². The van der Waals surface area contributed by atoms with Crippen molar-refractivity contribution in [2.24, 2.45) is 5.92 Å². The van der Waals surface area contributed by atoms with E-state index >= 15 is 0 Å². The number of benzene rings is 1. The van der Waals surface area contributed by atoms with E-state index in [4.69, 9.17) is 4.98 Å². The van der Waals surface area contributed by atoms with E-state index in [-0.39, 0.29) is 5.41 Å². The van der Waals surface area contributed by atoms with E-state index in [1.807, 2.05) is 0 Å². The summed E-state index contributed by atoms with van der Waals surface area (Å²) in [5, 5.41) is 0. The van der Waals surface area contributed by atoms with Crippen LogP contribution in [0.2, 0.25) is 0 Å². The molecule has 0 amide bonds. The number of anilines is 1. The Kier molecular flexibility index (Phi) is 5.62. The summed E-state index contributed by atoms with van der Waals surface area (Å²) in [7, 11) is 0. The maximum absolute atomic E-state index is 13.5. The first-order valence-electron chi connectivity index (χ1n) is 9.41. The largest absolute Gasteiger partial charge is 0.330 e. The van der Waals surface area contributed by atoms with Gasteiger partial charge in [-0.2, -0.15) is 0 Å². The summed E-state index contributed by atoms with van der Waals surface area (Å²) in [6, 6.07) is 6.45. The molecule has 0 atom stereocenters. The molecule has 1 aliphatic rings. The van der Waals surface area contributed by atoms with Crippen LogP contribution in [0.5, 0.6) is 0 Å². The third-order valence-electron chi connectivity index (χ3n) is 4.97. The van der Waals surface area contributed by atoms with Crippen LogP contribution in [0.1, 0.15) is 59.2 Å². The molecule has 2 aromatic rings. The molecule has 1 aromatic heterocycles. The lowest BCUT2D eigenvalue weighted by molar-refractivity contribution is 0.194. The van der Waals surface area contributed by atoms with Crippen LogP contribution in [0.4, 0.5) is 10.1 Å². The first-order chi connectivity index (χ1) is 11.9. The number of hydrogen-bond acceptors (Lipinski definition) is 3.